The van der Waals surface area contributed by atoms with Crippen molar-refractivity contribution in [1.29, 1.82) is 0 Å². The molecular formula is C11H25ClO3Si. The summed E-state index contributed by atoms with van der Waals surface area (Å²) >= 11 is 5.97. The maximum atomic E-state index is 9.56. The lowest BCUT2D eigenvalue weighted by atomic mass is 10.2. The highest BCUT2D eigenvalue weighted by molar-refractivity contribution is 6.59. The van der Waals surface area contributed by atoms with Crippen LogP contribution in [-0.4, -0.2) is 49.4 Å². The average Bonchev–Trinajstić information content (AvgIpc) is 2.27. The molecule has 0 amide bonds. The zero-order valence-electron chi connectivity index (χ0n) is 10.6. The van der Waals surface area contributed by atoms with Crippen LogP contribution in [0.5, 0.6) is 0 Å². The largest absolute Gasteiger partial charge is 0.395 e. The number of aliphatic hydroxyl groups is 2. The highest BCUT2D eigenvalue weighted by Crippen LogP contribution is 2.24. The molecule has 0 aliphatic carbocycles. The van der Waals surface area contributed by atoms with Crippen LogP contribution in [0.15, 0.2) is 0 Å². The van der Waals surface area contributed by atoms with Gasteiger partial charge in [-0.15, -0.1) is 11.6 Å². The summed E-state index contributed by atoms with van der Waals surface area (Å²) in [5.41, 5.74) is 0. The Morgan fingerprint density at radius 2 is 2.00 bits per heavy atom. The van der Waals surface area contributed by atoms with Crippen molar-refractivity contribution in [3.63, 3.8) is 0 Å². The van der Waals surface area contributed by atoms with Gasteiger partial charge in [0.05, 0.1) is 32.6 Å². The van der Waals surface area contributed by atoms with Crippen molar-refractivity contribution in [2.75, 3.05) is 19.8 Å². The summed E-state index contributed by atoms with van der Waals surface area (Å²) in [5, 5.41) is 17.7. The van der Waals surface area contributed by atoms with Crippen molar-refractivity contribution >= 4 is 20.4 Å². The first-order valence-electron chi connectivity index (χ1n) is 6.02. The maximum Gasteiger partial charge on any atom is 0.0788 e. The molecule has 16 heavy (non-hydrogen) atoms. The molecule has 0 saturated carbocycles. The van der Waals surface area contributed by atoms with Gasteiger partial charge in [0.25, 0.3) is 0 Å². The zero-order chi connectivity index (χ0) is 12.6. The van der Waals surface area contributed by atoms with Crippen LogP contribution in [0.2, 0.25) is 13.1 Å². The highest BCUT2D eigenvalue weighted by Gasteiger charge is 2.36. The van der Waals surface area contributed by atoms with E-state index in [0.717, 1.165) is 12.8 Å². The molecule has 0 heterocycles. The second kappa shape index (κ2) is 8.47. The third-order valence-corrected chi connectivity index (χ3v) is 5.95. The number of alkyl halides is 1. The van der Waals surface area contributed by atoms with Gasteiger partial charge in [-0.3, -0.25) is 0 Å². The standard InChI is InChI=1S/C11H25ClO3Si/c1-4-5-6-15-11(9-14,16(2)3)7-10(12)8-13/h10,13-14,16H,4-9H2,1-3H3. The van der Waals surface area contributed by atoms with Gasteiger partial charge in [0.2, 0.25) is 0 Å². The van der Waals surface area contributed by atoms with Crippen LogP contribution in [0.3, 0.4) is 0 Å². The minimum atomic E-state index is -1.20. The van der Waals surface area contributed by atoms with Crippen LogP contribution in [0.25, 0.3) is 0 Å². The summed E-state index contributed by atoms with van der Waals surface area (Å²) in [6, 6.07) is 0. The number of ether oxygens (including phenoxy) is 1. The minimum absolute atomic E-state index is 0.00379. The van der Waals surface area contributed by atoms with E-state index in [0.29, 0.717) is 13.0 Å². The predicted molar refractivity (Wildman–Crippen MR) is 70.9 cm³/mol. The molecular weight excluding hydrogens is 244 g/mol. The van der Waals surface area contributed by atoms with Crippen molar-refractivity contribution in [3.05, 3.63) is 0 Å². The predicted octanol–water partition coefficient (Wildman–Crippen LogP) is 1.55. The zero-order valence-corrected chi connectivity index (χ0v) is 12.5. The molecule has 2 N–H and O–H groups in total. The number of aliphatic hydroxyl groups excluding tert-OH is 2. The molecule has 0 spiro atoms. The van der Waals surface area contributed by atoms with E-state index in [1.165, 1.54) is 0 Å². The number of unbranched alkanes of at least 4 members (excludes halogenated alkanes) is 1. The van der Waals surface area contributed by atoms with Gasteiger partial charge in [-0.05, 0) is 12.8 Å². The lowest BCUT2D eigenvalue weighted by Gasteiger charge is -2.36. The molecule has 5 heteroatoms. The molecule has 0 bridgehead atoms. The monoisotopic (exact) mass is 268 g/mol. The fourth-order valence-corrected chi connectivity index (χ4v) is 3.60. The Kier molecular flexibility index (Phi) is 8.68. The molecule has 0 saturated heterocycles. The first-order valence-corrected chi connectivity index (χ1v) is 9.34. The SMILES string of the molecule is CCCCOC(CO)(CC(Cl)CO)[SiH](C)C. The van der Waals surface area contributed by atoms with Crippen LogP contribution in [0.4, 0.5) is 0 Å². The van der Waals surface area contributed by atoms with Crippen LogP contribution >= 0.6 is 11.6 Å². The fourth-order valence-electron chi connectivity index (χ4n) is 1.61. The summed E-state index contributed by atoms with van der Waals surface area (Å²) < 4.78 is 5.87. The fraction of sp³-hybridized carbons (Fsp3) is 1.00. The van der Waals surface area contributed by atoms with Crippen molar-refractivity contribution in [2.45, 2.75) is 49.9 Å². The highest BCUT2D eigenvalue weighted by atomic mass is 35.5. The van der Waals surface area contributed by atoms with Gasteiger partial charge in [-0.1, -0.05) is 26.4 Å². The molecule has 2 unspecified atom stereocenters. The number of rotatable bonds is 9. The van der Waals surface area contributed by atoms with Gasteiger partial charge in [-0.2, -0.15) is 0 Å². The van der Waals surface area contributed by atoms with E-state index < -0.39 is 14.0 Å². The van der Waals surface area contributed by atoms with E-state index in [1.54, 1.807) is 0 Å². The van der Waals surface area contributed by atoms with E-state index in [1.807, 2.05) is 0 Å². The van der Waals surface area contributed by atoms with E-state index in [-0.39, 0.29) is 18.6 Å². The van der Waals surface area contributed by atoms with E-state index in [4.69, 9.17) is 21.4 Å². The minimum Gasteiger partial charge on any atom is -0.395 e. The summed E-state index contributed by atoms with van der Waals surface area (Å²) in [7, 11) is -1.20. The van der Waals surface area contributed by atoms with Crippen LogP contribution < -0.4 is 0 Å². The lowest BCUT2D eigenvalue weighted by molar-refractivity contribution is -0.0335. The van der Waals surface area contributed by atoms with Crippen molar-refractivity contribution in [2.24, 2.45) is 0 Å². The summed E-state index contributed by atoms with van der Waals surface area (Å²) in [5.74, 6) is 0. The average molecular weight is 269 g/mol. The van der Waals surface area contributed by atoms with E-state index in [9.17, 15) is 5.11 Å². The van der Waals surface area contributed by atoms with Gasteiger partial charge in [0.15, 0.2) is 0 Å². The second-order valence-corrected chi connectivity index (χ2v) is 8.54. The molecule has 0 aromatic rings. The second-order valence-electron chi connectivity index (χ2n) is 4.56. The number of halogens is 1. The first kappa shape index (κ1) is 16.4. The third kappa shape index (κ3) is 5.14. The van der Waals surface area contributed by atoms with Crippen LogP contribution in [-0.2, 0) is 4.74 Å². The lowest BCUT2D eigenvalue weighted by Crippen LogP contribution is -2.50. The molecule has 0 aromatic heterocycles. The topological polar surface area (TPSA) is 49.7 Å². The number of hydrogen-bond donors (Lipinski definition) is 2. The normalized spacial score (nSPS) is 17.4. The van der Waals surface area contributed by atoms with E-state index in [2.05, 4.69) is 20.0 Å². The summed E-state index contributed by atoms with van der Waals surface area (Å²) in [4.78, 5) is 0. The van der Waals surface area contributed by atoms with E-state index >= 15 is 0 Å². The first-order chi connectivity index (χ1) is 7.52. The molecule has 0 aliphatic heterocycles. The van der Waals surface area contributed by atoms with Crippen molar-refractivity contribution < 1.29 is 14.9 Å². The Bertz CT molecular complexity index is 181. The molecule has 98 valence electrons. The van der Waals surface area contributed by atoms with Gasteiger partial charge in [-0.25, -0.2) is 0 Å². The van der Waals surface area contributed by atoms with Gasteiger partial charge in [0.1, 0.15) is 0 Å². The van der Waals surface area contributed by atoms with Gasteiger partial charge < -0.3 is 14.9 Å². The smallest absolute Gasteiger partial charge is 0.0788 e. The Morgan fingerprint density at radius 1 is 1.38 bits per heavy atom. The third-order valence-electron chi connectivity index (χ3n) is 2.97. The Morgan fingerprint density at radius 3 is 2.38 bits per heavy atom. The van der Waals surface area contributed by atoms with Gasteiger partial charge >= 0.3 is 0 Å². The molecule has 2 atom stereocenters. The summed E-state index contributed by atoms with van der Waals surface area (Å²) in [6.07, 6.45) is 2.61. The van der Waals surface area contributed by atoms with Gasteiger partial charge in [0, 0.05) is 6.61 Å². The van der Waals surface area contributed by atoms with Crippen molar-refractivity contribution in [1.82, 2.24) is 0 Å². The molecule has 0 rings (SSSR count). The van der Waals surface area contributed by atoms with Crippen LogP contribution in [0.1, 0.15) is 26.2 Å². The summed E-state index contributed by atoms with van der Waals surface area (Å²) in [6.45, 7) is 6.99. The molecule has 0 aromatic carbocycles. The molecule has 0 aliphatic rings. The Hall–Kier alpha value is 0.387. The molecule has 3 nitrogen and oxygen atoms in total. The Labute approximate surface area is 105 Å². The maximum absolute atomic E-state index is 9.56. The molecule has 0 fully saturated rings. The number of hydrogen-bond acceptors (Lipinski definition) is 3. The quantitative estimate of drug-likeness (QED) is 0.379. The van der Waals surface area contributed by atoms with Crippen LogP contribution in [0, 0.1) is 0 Å². The van der Waals surface area contributed by atoms with Crippen molar-refractivity contribution in [3.8, 4) is 0 Å². The Balaban J connectivity index is 4.45. The molecule has 0 radical (unpaired) electrons.